The second kappa shape index (κ2) is 4.44. The number of aromatic nitrogens is 2. The molecule has 0 aliphatic rings. The van der Waals surface area contributed by atoms with E-state index in [9.17, 15) is 5.21 Å². The molecule has 1 rings (SSSR count). The summed E-state index contributed by atoms with van der Waals surface area (Å²) in [6.07, 6.45) is 1.54. The minimum Gasteiger partial charge on any atom is -0.359 e. The molecule has 0 radical (unpaired) electrons. The van der Waals surface area contributed by atoms with Crippen LogP contribution in [0.4, 0.5) is 0 Å². The van der Waals surface area contributed by atoms with Crippen molar-refractivity contribution < 1.29 is 9.53 Å². The molecular formula is C10H18N2O2. The predicted molar refractivity (Wildman–Crippen MR) is 52.5 cm³/mol. The molecule has 0 amide bonds. The van der Waals surface area contributed by atoms with Crippen LogP contribution in [0.1, 0.15) is 39.1 Å². The van der Waals surface area contributed by atoms with Gasteiger partial charge >= 0.3 is 0 Å². The lowest BCUT2D eigenvalue weighted by molar-refractivity contribution is -0.808. The lowest BCUT2D eigenvalue weighted by atomic mass is 10.0. The van der Waals surface area contributed by atoms with Crippen LogP contribution in [0.3, 0.4) is 0 Å². The van der Waals surface area contributed by atoms with Crippen molar-refractivity contribution in [2.45, 2.75) is 40.5 Å². The van der Waals surface area contributed by atoms with Gasteiger partial charge in [-0.1, -0.05) is 27.7 Å². The van der Waals surface area contributed by atoms with Gasteiger partial charge in [0.15, 0.2) is 5.69 Å². The van der Waals surface area contributed by atoms with E-state index >= 15 is 0 Å². The first kappa shape index (κ1) is 11.0. The van der Waals surface area contributed by atoms with Crippen molar-refractivity contribution >= 4 is 0 Å². The molecule has 1 aromatic heterocycles. The van der Waals surface area contributed by atoms with E-state index in [1.807, 2.05) is 0 Å². The fourth-order valence-corrected chi connectivity index (χ4v) is 1.41. The van der Waals surface area contributed by atoms with Crippen LogP contribution in [0, 0.1) is 17.0 Å². The number of rotatable bonds is 4. The Bertz CT molecular complexity index is 292. The third-order valence-electron chi connectivity index (χ3n) is 1.98. The Hall–Kier alpha value is -1.06. The molecule has 0 saturated heterocycles. The average Bonchev–Trinajstić information content (AvgIpc) is 2.34. The Balaban J connectivity index is 2.82. The van der Waals surface area contributed by atoms with Gasteiger partial charge in [0.25, 0.3) is 0 Å². The van der Waals surface area contributed by atoms with Gasteiger partial charge in [0, 0.05) is 18.0 Å². The van der Waals surface area contributed by atoms with E-state index in [1.54, 1.807) is 0 Å². The smallest absolute Gasteiger partial charge is 0.221 e. The summed E-state index contributed by atoms with van der Waals surface area (Å²) in [5.41, 5.74) is 1.50. The van der Waals surface area contributed by atoms with E-state index in [0.29, 0.717) is 22.4 Å². The number of hydrogen-bond donors (Lipinski definition) is 0. The van der Waals surface area contributed by atoms with Crippen LogP contribution in [-0.4, -0.2) is 5.16 Å². The minimum atomic E-state index is 0.445. The Kier molecular flexibility index (Phi) is 3.49. The Labute approximate surface area is 84.4 Å². The second-order valence-corrected chi connectivity index (χ2v) is 4.52. The van der Waals surface area contributed by atoms with E-state index in [1.165, 1.54) is 0 Å². The predicted octanol–water partition coefficient (Wildman–Crippen LogP) is 1.70. The van der Waals surface area contributed by atoms with Crippen LogP contribution in [-0.2, 0) is 12.8 Å². The molecule has 0 fully saturated rings. The van der Waals surface area contributed by atoms with Crippen molar-refractivity contribution in [2.24, 2.45) is 11.8 Å². The summed E-state index contributed by atoms with van der Waals surface area (Å²) < 4.78 is 4.61. The first-order valence-corrected chi connectivity index (χ1v) is 5.08. The van der Waals surface area contributed by atoms with Crippen molar-refractivity contribution in [1.29, 1.82) is 0 Å². The summed E-state index contributed by atoms with van der Waals surface area (Å²) in [5, 5.41) is 15.0. The standard InChI is InChI=1S/C10H18N2O2/c1-7(2)5-9-10(6-8(3)4)12(13)14-11-9/h7-8H,5-6H2,1-4H3. The number of nitrogens with zero attached hydrogens (tertiary/aromatic N) is 2. The van der Waals surface area contributed by atoms with Crippen LogP contribution in [0.2, 0.25) is 0 Å². The van der Waals surface area contributed by atoms with Crippen molar-refractivity contribution in [1.82, 2.24) is 5.16 Å². The fraction of sp³-hybridized carbons (Fsp3) is 0.800. The molecule has 0 bridgehead atoms. The van der Waals surface area contributed by atoms with Gasteiger partial charge in [-0.25, -0.2) is 0 Å². The molecule has 0 N–H and O–H groups in total. The topological polar surface area (TPSA) is 53.0 Å². The van der Waals surface area contributed by atoms with Crippen molar-refractivity contribution in [2.75, 3.05) is 0 Å². The summed E-state index contributed by atoms with van der Waals surface area (Å²) in [4.78, 5) is 0.539. The van der Waals surface area contributed by atoms with Gasteiger partial charge in [-0.15, -0.1) is 0 Å². The van der Waals surface area contributed by atoms with Gasteiger partial charge in [-0.2, -0.15) is 0 Å². The highest BCUT2D eigenvalue weighted by molar-refractivity contribution is 5.04. The maximum atomic E-state index is 11.2. The Morgan fingerprint density at radius 1 is 1.21 bits per heavy atom. The zero-order chi connectivity index (χ0) is 10.7. The third-order valence-corrected chi connectivity index (χ3v) is 1.98. The summed E-state index contributed by atoms with van der Waals surface area (Å²) in [6.45, 7) is 8.35. The Morgan fingerprint density at radius 3 is 2.29 bits per heavy atom. The molecule has 0 atom stereocenters. The lowest BCUT2D eigenvalue weighted by Gasteiger charge is -2.03. The third kappa shape index (κ3) is 2.72. The van der Waals surface area contributed by atoms with E-state index in [-0.39, 0.29) is 0 Å². The van der Waals surface area contributed by atoms with Crippen LogP contribution >= 0.6 is 0 Å². The van der Waals surface area contributed by atoms with Crippen LogP contribution in [0.25, 0.3) is 0 Å². The van der Waals surface area contributed by atoms with Crippen LogP contribution < -0.4 is 4.90 Å². The summed E-state index contributed by atoms with van der Waals surface area (Å²) >= 11 is 0. The molecular weight excluding hydrogens is 180 g/mol. The zero-order valence-corrected chi connectivity index (χ0v) is 9.28. The normalized spacial score (nSPS) is 11.6. The highest BCUT2D eigenvalue weighted by atomic mass is 16.8. The monoisotopic (exact) mass is 198 g/mol. The minimum absolute atomic E-state index is 0.445. The van der Waals surface area contributed by atoms with Crippen molar-refractivity contribution in [3.8, 4) is 0 Å². The summed E-state index contributed by atoms with van der Waals surface area (Å²) in [7, 11) is 0. The zero-order valence-electron chi connectivity index (χ0n) is 9.28. The van der Waals surface area contributed by atoms with E-state index < -0.39 is 0 Å². The largest absolute Gasteiger partial charge is 0.359 e. The first-order chi connectivity index (χ1) is 6.50. The quantitative estimate of drug-likeness (QED) is 0.692. The molecule has 0 spiro atoms. The molecule has 1 heterocycles. The molecule has 1 aromatic rings. The molecule has 80 valence electrons. The average molecular weight is 198 g/mol. The van der Waals surface area contributed by atoms with Gasteiger partial charge < -0.3 is 5.21 Å². The van der Waals surface area contributed by atoms with E-state index in [2.05, 4.69) is 37.5 Å². The van der Waals surface area contributed by atoms with Gasteiger partial charge in [0.2, 0.25) is 5.69 Å². The maximum absolute atomic E-state index is 11.2. The SMILES string of the molecule is CC(C)Cc1no[n+]([O-])c1CC(C)C. The van der Waals surface area contributed by atoms with Gasteiger partial charge in [0.1, 0.15) is 0 Å². The van der Waals surface area contributed by atoms with Crippen LogP contribution in [0.5, 0.6) is 0 Å². The number of hydrogen-bond acceptors (Lipinski definition) is 3. The van der Waals surface area contributed by atoms with Crippen LogP contribution in [0.15, 0.2) is 4.63 Å². The fourth-order valence-electron chi connectivity index (χ4n) is 1.41. The molecule has 0 aliphatic heterocycles. The molecule has 0 saturated carbocycles. The van der Waals surface area contributed by atoms with Gasteiger partial charge in [-0.3, -0.25) is 4.63 Å². The Morgan fingerprint density at radius 2 is 1.79 bits per heavy atom. The molecule has 0 aliphatic carbocycles. The molecule has 4 heteroatoms. The maximum Gasteiger partial charge on any atom is 0.221 e. The van der Waals surface area contributed by atoms with Crippen molar-refractivity contribution in [3.05, 3.63) is 16.6 Å². The second-order valence-electron chi connectivity index (χ2n) is 4.52. The summed E-state index contributed by atoms with van der Waals surface area (Å²) in [5.74, 6) is 0.937. The lowest BCUT2D eigenvalue weighted by Crippen LogP contribution is -2.29. The highest BCUT2D eigenvalue weighted by Gasteiger charge is 2.20. The van der Waals surface area contributed by atoms with E-state index in [4.69, 9.17) is 0 Å². The highest BCUT2D eigenvalue weighted by Crippen LogP contribution is 2.12. The van der Waals surface area contributed by atoms with Crippen molar-refractivity contribution in [3.63, 3.8) is 0 Å². The first-order valence-electron chi connectivity index (χ1n) is 5.08. The van der Waals surface area contributed by atoms with Gasteiger partial charge in [0.05, 0.1) is 0 Å². The molecule has 0 unspecified atom stereocenters. The van der Waals surface area contributed by atoms with E-state index in [0.717, 1.165) is 18.5 Å². The van der Waals surface area contributed by atoms with Gasteiger partial charge in [-0.05, 0) is 16.7 Å². The summed E-state index contributed by atoms with van der Waals surface area (Å²) in [6, 6.07) is 0. The molecule has 4 nitrogen and oxygen atoms in total. The molecule has 14 heavy (non-hydrogen) atoms. The molecule has 0 aromatic carbocycles.